The van der Waals surface area contributed by atoms with Crippen LogP contribution in [-0.2, 0) is 0 Å². The summed E-state index contributed by atoms with van der Waals surface area (Å²) in [6, 6.07) is 0.446. The Morgan fingerprint density at radius 1 is 0.864 bits per heavy atom. The molecule has 0 heterocycles. The molecule has 0 amide bonds. The van der Waals surface area contributed by atoms with Crippen LogP contribution in [0.25, 0.3) is 0 Å². The molecule has 4 aliphatic carbocycles. The number of halogens is 1. The van der Waals surface area contributed by atoms with Crippen LogP contribution in [0.1, 0.15) is 71.6 Å². The first-order chi connectivity index (χ1) is 9.95. The number of rotatable bonds is 0. The van der Waals surface area contributed by atoms with Gasteiger partial charge in [-0.25, -0.2) is 0 Å². The first-order valence-corrected chi connectivity index (χ1v) is 9.39. The Kier molecular flexibility index (Phi) is 4.37. The standard InChI is InChI=1S/C19H33NO.ClH/c1-18-9-7-13(21)11-12(18)3-4-14-15-5-6-17(20)19(15,2)10-8-16(14)18;/h12-17,21H,3-11,20H2,1-2H3;1H/t12-,13+,14?,15?,16?,17+,18-,19-;/m0./s1. The first-order valence-electron chi connectivity index (χ1n) is 9.39. The van der Waals surface area contributed by atoms with Crippen molar-refractivity contribution in [1.29, 1.82) is 0 Å². The fourth-order valence-electron chi connectivity index (χ4n) is 7.28. The van der Waals surface area contributed by atoms with Gasteiger partial charge < -0.3 is 10.8 Å². The normalized spacial score (nSPS) is 57.3. The van der Waals surface area contributed by atoms with Gasteiger partial charge in [0.2, 0.25) is 0 Å². The maximum atomic E-state index is 10.1. The lowest BCUT2D eigenvalue weighted by molar-refractivity contribution is -0.122. The maximum absolute atomic E-state index is 10.1. The summed E-state index contributed by atoms with van der Waals surface area (Å²) in [7, 11) is 0. The summed E-state index contributed by atoms with van der Waals surface area (Å²) in [4.78, 5) is 0. The van der Waals surface area contributed by atoms with Gasteiger partial charge in [0, 0.05) is 6.04 Å². The zero-order chi connectivity index (χ0) is 14.8. The Hall–Kier alpha value is 0.210. The van der Waals surface area contributed by atoms with Crippen LogP contribution in [0.4, 0.5) is 0 Å². The third-order valence-corrected chi connectivity index (χ3v) is 8.71. The molecule has 0 radical (unpaired) electrons. The molecule has 2 nitrogen and oxygen atoms in total. The highest BCUT2D eigenvalue weighted by atomic mass is 35.5. The number of hydrogen-bond acceptors (Lipinski definition) is 2. The van der Waals surface area contributed by atoms with Gasteiger partial charge in [0.05, 0.1) is 6.10 Å². The summed E-state index contributed by atoms with van der Waals surface area (Å²) in [6.45, 7) is 5.06. The van der Waals surface area contributed by atoms with Gasteiger partial charge in [-0.1, -0.05) is 13.8 Å². The molecule has 4 rings (SSSR count). The minimum Gasteiger partial charge on any atom is -0.393 e. The van der Waals surface area contributed by atoms with E-state index in [2.05, 4.69) is 13.8 Å². The Balaban J connectivity index is 0.00000144. The molecule has 4 saturated carbocycles. The maximum Gasteiger partial charge on any atom is 0.0543 e. The molecule has 22 heavy (non-hydrogen) atoms. The fraction of sp³-hybridized carbons (Fsp3) is 1.00. The fourth-order valence-corrected chi connectivity index (χ4v) is 7.28. The second-order valence-electron chi connectivity index (χ2n) is 9.31. The van der Waals surface area contributed by atoms with Crippen molar-refractivity contribution >= 4 is 12.4 Å². The van der Waals surface area contributed by atoms with Crippen molar-refractivity contribution in [2.45, 2.75) is 83.8 Å². The summed E-state index contributed by atoms with van der Waals surface area (Å²) in [6.07, 6.45) is 11.5. The van der Waals surface area contributed by atoms with Crippen LogP contribution in [0, 0.1) is 34.5 Å². The van der Waals surface area contributed by atoms with E-state index in [0.717, 1.165) is 36.5 Å². The molecule has 0 aromatic heterocycles. The summed E-state index contributed by atoms with van der Waals surface area (Å²) in [5.41, 5.74) is 7.43. The largest absolute Gasteiger partial charge is 0.393 e. The van der Waals surface area contributed by atoms with Crippen LogP contribution < -0.4 is 5.73 Å². The van der Waals surface area contributed by atoms with Crippen LogP contribution >= 0.6 is 12.4 Å². The van der Waals surface area contributed by atoms with Crippen LogP contribution in [0.3, 0.4) is 0 Å². The van der Waals surface area contributed by atoms with Crippen molar-refractivity contribution in [1.82, 2.24) is 0 Å². The lowest BCUT2D eigenvalue weighted by Crippen LogP contribution is -2.55. The van der Waals surface area contributed by atoms with Crippen molar-refractivity contribution in [3.8, 4) is 0 Å². The molecular formula is C19H34ClNO. The summed E-state index contributed by atoms with van der Waals surface area (Å²) < 4.78 is 0. The van der Waals surface area contributed by atoms with Crippen molar-refractivity contribution in [3.63, 3.8) is 0 Å². The van der Waals surface area contributed by atoms with Crippen LogP contribution in [-0.4, -0.2) is 17.3 Å². The van der Waals surface area contributed by atoms with Gasteiger partial charge in [-0.15, -0.1) is 12.4 Å². The number of aliphatic hydroxyl groups is 1. The summed E-state index contributed by atoms with van der Waals surface area (Å²) in [5.74, 6) is 3.50. The van der Waals surface area contributed by atoms with Crippen molar-refractivity contribution in [2.24, 2.45) is 40.2 Å². The predicted molar refractivity (Wildman–Crippen MR) is 93.0 cm³/mol. The van der Waals surface area contributed by atoms with Crippen molar-refractivity contribution in [3.05, 3.63) is 0 Å². The lowest BCUT2D eigenvalue weighted by Gasteiger charge is -2.60. The second kappa shape index (κ2) is 5.63. The van der Waals surface area contributed by atoms with E-state index in [1.165, 1.54) is 44.9 Å². The highest BCUT2D eigenvalue weighted by molar-refractivity contribution is 5.85. The highest BCUT2D eigenvalue weighted by Gasteiger charge is 2.59. The molecule has 0 bridgehead atoms. The average molecular weight is 328 g/mol. The number of fused-ring (bicyclic) bond motifs is 5. The quantitative estimate of drug-likeness (QED) is 0.702. The van der Waals surface area contributed by atoms with Crippen molar-refractivity contribution in [2.75, 3.05) is 0 Å². The Bertz CT molecular complexity index is 430. The Labute approximate surface area is 142 Å². The van der Waals surface area contributed by atoms with E-state index in [0.29, 0.717) is 16.9 Å². The third kappa shape index (κ3) is 2.20. The van der Waals surface area contributed by atoms with Gasteiger partial charge in [0.15, 0.2) is 0 Å². The van der Waals surface area contributed by atoms with E-state index in [-0.39, 0.29) is 18.5 Å². The second-order valence-corrected chi connectivity index (χ2v) is 9.31. The van der Waals surface area contributed by atoms with E-state index in [1.807, 2.05) is 0 Å². The SMILES string of the molecule is C[C@]12CCC3C(CC[C@H]4C[C@H](O)CC[C@]34C)C1CC[C@H]2N.Cl. The van der Waals surface area contributed by atoms with Crippen LogP contribution in [0.15, 0.2) is 0 Å². The molecule has 3 heteroatoms. The van der Waals surface area contributed by atoms with Gasteiger partial charge in [0.25, 0.3) is 0 Å². The molecule has 0 aromatic rings. The highest BCUT2D eigenvalue weighted by Crippen LogP contribution is 2.65. The van der Waals surface area contributed by atoms with Gasteiger partial charge in [-0.2, -0.15) is 0 Å². The molecule has 4 fully saturated rings. The third-order valence-electron chi connectivity index (χ3n) is 8.71. The predicted octanol–water partition coefficient (Wildman–Crippen LogP) is 4.14. The number of nitrogens with two attached hydrogens (primary N) is 1. The van der Waals surface area contributed by atoms with E-state index >= 15 is 0 Å². The lowest BCUT2D eigenvalue weighted by atomic mass is 9.45. The van der Waals surface area contributed by atoms with E-state index in [9.17, 15) is 5.11 Å². The molecule has 128 valence electrons. The number of hydrogen-bond donors (Lipinski definition) is 2. The molecule has 0 saturated heterocycles. The molecule has 0 spiro atoms. The molecule has 0 aromatic carbocycles. The zero-order valence-corrected chi connectivity index (χ0v) is 15.1. The van der Waals surface area contributed by atoms with Gasteiger partial charge in [0.1, 0.15) is 0 Å². The molecule has 4 aliphatic rings. The van der Waals surface area contributed by atoms with E-state index in [4.69, 9.17) is 5.73 Å². The minimum atomic E-state index is -0.0200. The summed E-state index contributed by atoms with van der Waals surface area (Å²) >= 11 is 0. The summed E-state index contributed by atoms with van der Waals surface area (Å²) in [5, 5.41) is 10.1. The van der Waals surface area contributed by atoms with Crippen molar-refractivity contribution < 1.29 is 5.11 Å². The first kappa shape index (κ1) is 17.0. The van der Waals surface area contributed by atoms with E-state index in [1.54, 1.807) is 0 Å². The smallest absolute Gasteiger partial charge is 0.0543 e. The zero-order valence-electron chi connectivity index (χ0n) is 14.3. The van der Waals surface area contributed by atoms with Gasteiger partial charge in [-0.05, 0) is 92.3 Å². The van der Waals surface area contributed by atoms with Crippen LogP contribution in [0.2, 0.25) is 0 Å². The monoisotopic (exact) mass is 327 g/mol. The van der Waals surface area contributed by atoms with Gasteiger partial charge in [-0.3, -0.25) is 0 Å². The molecule has 0 aliphatic heterocycles. The average Bonchev–Trinajstić information content (AvgIpc) is 2.76. The minimum absolute atomic E-state index is 0. The van der Waals surface area contributed by atoms with Gasteiger partial charge >= 0.3 is 0 Å². The van der Waals surface area contributed by atoms with Crippen LogP contribution in [0.5, 0.6) is 0 Å². The topological polar surface area (TPSA) is 46.2 Å². The molecule has 3 N–H and O–H groups in total. The molecular weight excluding hydrogens is 294 g/mol. The van der Waals surface area contributed by atoms with E-state index < -0.39 is 0 Å². The Morgan fingerprint density at radius 3 is 2.32 bits per heavy atom. The Morgan fingerprint density at radius 2 is 1.55 bits per heavy atom. The number of aliphatic hydroxyl groups excluding tert-OH is 1. The molecule has 8 atom stereocenters. The molecule has 3 unspecified atom stereocenters.